The van der Waals surface area contributed by atoms with Crippen LogP contribution in [0.3, 0.4) is 0 Å². The van der Waals surface area contributed by atoms with Crippen molar-refractivity contribution in [2.24, 2.45) is 11.8 Å². The first kappa shape index (κ1) is 15.8. The Morgan fingerprint density at radius 1 is 1.17 bits per heavy atom. The zero-order chi connectivity index (χ0) is 13.4. The molecule has 0 bridgehead atoms. The van der Waals surface area contributed by atoms with Gasteiger partial charge in [0.05, 0.1) is 0 Å². The van der Waals surface area contributed by atoms with Gasteiger partial charge in [0.15, 0.2) is 0 Å². The first-order valence-electron chi connectivity index (χ1n) is 6.82. The van der Waals surface area contributed by atoms with Crippen LogP contribution in [-0.2, 0) is 4.74 Å². The van der Waals surface area contributed by atoms with Gasteiger partial charge in [-0.05, 0) is 44.7 Å². The van der Waals surface area contributed by atoms with Crippen LogP contribution in [0.25, 0.3) is 0 Å². The van der Waals surface area contributed by atoms with Gasteiger partial charge in [0, 0.05) is 6.61 Å². The van der Waals surface area contributed by atoms with E-state index in [9.17, 15) is 13.2 Å². The Morgan fingerprint density at radius 2 is 1.83 bits per heavy atom. The Hall–Kier alpha value is -0.290. The van der Waals surface area contributed by atoms with Gasteiger partial charge in [0.2, 0.25) is 0 Å². The van der Waals surface area contributed by atoms with Crippen molar-refractivity contribution < 1.29 is 17.9 Å². The fourth-order valence-corrected chi connectivity index (χ4v) is 2.83. The van der Waals surface area contributed by atoms with Gasteiger partial charge in [-0.2, -0.15) is 13.2 Å². The maximum atomic E-state index is 11.9. The van der Waals surface area contributed by atoms with Crippen LogP contribution in [0, 0.1) is 11.8 Å². The normalized spacial score (nSPS) is 25.3. The summed E-state index contributed by atoms with van der Waals surface area (Å²) in [5.74, 6) is 1.34. The second kappa shape index (κ2) is 8.00. The molecule has 1 rings (SSSR count). The lowest BCUT2D eigenvalue weighted by Crippen LogP contribution is -2.29. The SMILES string of the molecule is CNCC1CCCCC1CCCOCC(F)(F)F. The van der Waals surface area contributed by atoms with Crippen LogP contribution in [0.4, 0.5) is 13.2 Å². The highest BCUT2D eigenvalue weighted by atomic mass is 19.4. The molecule has 1 fully saturated rings. The molecule has 0 aromatic carbocycles. The molecular weight excluding hydrogens is 243 g/mol. The summed E-state index contributed by atoms with van der Waals surface area (Å²) in [6.45, 7) is 0.133. The Kier molecular flexibility index (Phi) is 7.00. The number of alkyl halides is 3. The van der Waals surface area contributed by atoms with E-state index in [2.05, 4.69) is 10.1 Å². The zero-order valence-electron chi connectivity index (χ0n) is 11.1. The Bertz CT molecular complexity index is 219. The first-order valence-corrected chi connectivity index (χ1v) is 6.82. The monoisotopic (exact) mass is 267 g/mol. The molecule has 18 heavy (non-hydrogen) atoms. The van der Waals surface area contributed by atoms with Crippen molar-refractivity contribution in [3.05, 3.63) is 0 Å². The van der Waals surface area contributed by atoms with Crippen molar-refractivity contribution in [3.63, 3.8) is 0 Å². The quantitative estimate of drug-likeness (QED) is 0.714. The van der Waals surface area contributed by atoms with E-state index in [1.54, 1.807) is 0 Å². The van der Waals surface area contributed by atoms with E-state index in [1.165, 1.54) is 25.7 Å². The van der Waals surface area contributed by atoms with Crippen molar-refractivity contribution in [2.45, 2.75) is 44.7 Å². The number of nitrogens with one attached hydrogen (secondary N) is 1. The van der Waals surface area contributed by atoms with Gasteiger partial charge in [-0.3, -0.25) is 0 Å². The molecule has 2 nitrogen and oxygen atoms in total. The van der Waals surface area contributed by atoms with Gasteiger partial charge < -0.3 is 10.1 Å². The summed E-state index contributed by atoms with van der Waals surface area (Å²) in [5, 5.41) is 3.21. The molecule has 2 atom stereocenters. The molecule has 0 aliphatic heterocycles. The lowest BCUT2D eigenvalue weighted by Gasteiger charge is -2.31. The van der Waals surface area contributed by atoms with Crippen molar-refractivity contribution in [1.29, 1.82) is 0 Å². The fraction of sp³-hybridized carbons (Fsp3) is 1.00. The number of halogens is 3. The fourth-order valence-electron chi connectivity index (χ4n) is 2.83. The van der Waals surface area contributed by atoms with Gasteiger partial charge in [-0.15, -0.1) is 0 Å². The molecule has 0 heterocycles. The summed E-state index contributed by atoms with van der Waals surface area (Å²) in [6.07, 6.45) is 2.53. The van der Waals surface area contributed by atoms with Crippen LogP contribution in [0.5, 0.6) is 0 Å². The van der Waals surface area contributed by atoms with E-state index in [-0.39, 0.29) is 6.61 Å². The standard InChI is InChI=1S/C13H24F3NO/c1-17-9-12-6-3-2-5-11(12)7-4-8-18-10-13(14,15)16/h11-12,17H,2-10H2,1H3. The maximum Gasteiger partial charge on any atom is 0.411 e. The van der Waals surface area contributed by atoms with E-state index < -0.39 is 12.8 Å². The van der Waals surface area contributed by atoms with Gasteiger partial charge in [-0.1, -0.05) is 19.3 Å². The van der Waals surface area contributed by atoms with Crippen LogP contribution in [0.2, 0.25) is 0 Å². The highest BCUT2D eigenvalue weighted by Crippen LogP contribution is 2.32. The van der Waals surface area contributed by atoms with E-state index >= 15 is 0 Å². The Balaban J connectivity index is 2.12. The molecule has 5 heteroatoms. The summed E-state index contributed by atoms with van der Waals surface area (Å²) in [4.78, 5) is 0. The number of hydrogen-bond donors (Lipinski definition) is 1. The van der Waals surface area contributed by atoms with E-state index in [0.29, 0.717) is 11.8 Å². The smallest absolute Gasteiger partial charge is 0.372 e. The predicted octanol–water partition coefficient (Wildman–Crippen LogP) is 3.37. The van der Waals surface area contributed by atoms with Crippen molar-refractivity contribution in [2.75, 3.05) is 26.8 Å². The third kappa shape index (κ3) is 6.59. The van der Waals surface area contributed by atoms with Crippen LogP contribution >= 0.6 is 0 Å². The van der Waals surface area contributed by atoms with Crippen molar-refractivity contribution in [1.82, 2.24) is 5.32 Å². The topological polar surface area (TPSA) is 21.3 Å². The Labute approximate surface area is 107 Å². The predicted molar refractivity (Wildman–Crippen MR) is 65.5 cm³/mol. The molecule has 0 radical (unpaired) electrons. The molecule has 0 spiro atoms. The van der Waals surface area contributed by atoms with Crippen LogP contribution < -0.4 is 5.32 Å². The summed E-state index contributed by atoms with van der Waals surface area (Å²) in [5.41, 5.74) is 0. The molecule has 0 aromatic rings. The third-order valence-corrected chi connectivity index (χ3v) is 3.66. The average molecular weight is 267 g/mol. The maximum absolute atomic E-state index is 11.9. The molecule has 2 unspecified atom stereocenters. The van der Waals surface area contributed by atoms with Crippen LogP contribution in [0.1, 0.15) is 38.5 Å². The molecule has 0 saturated heterocycles. The van der Waals surface area contributed by atoms with Crippen molar-refractivity contribution in [3.8, 4) is 0 Å². The molecule has 0 aromatic heterocycles. The minimum Gasteiger partial charge on any atom is -0.372 e. The number of hydrogen-bond acceptors (Lipinski definition) is 2. The summed E-state index contributed by atoms with van der Waals surface area (Å²) < 4.78 is 40.2. The largest absolute Gasteiger partial charge is 0.411 e. The highest BCUT2D eigenvalue weighted by molar-refractivity contribution is 4.76. The Morgan fingerprint density at radius 3 is 2.44 bits per heavy atom. The third-order valence-electron chi connectivity index (χ3n) is 3.66. The van der Waals surface area contributed by atoms with Crippen LogP contribution in [-0.4, -0.2) is 33.0 Å². The van der Waals surface area contributed by atoms with Crippen molar-refractivity contribution >= 4 is 0 Å². The second-order valence-corrected chi connectivity index (χ2v) is 5.17. The molecule has 1 aliphatic carbocycles. The molecule has 108 valence electrons. The van der Waals surface area contributed by atoms with E-state index in [0.717, 1.165) is 19.4 Å². The first-order chi connectivity index (χ1) is 8.53. The molecule has 1 aliphatic rings. The van der Waals surface area contributed by atoms with Crippen LogP contribution in [0.15, 0.2) is 0 Å². The average Bonchev–Trinajstić information content (AvgIpc) is 2.29. The van der Waals surface area contributed by atoms with Gasteiger partial charge in [0.25, 0.3) is 0 Å². The van der Waals surface area contributed by atoms with E-state index in [4.69, 9.17) is 0 Å². The summed E-state index contributed by atoms with van der Waals surface area (Å²) in [6, 6.07) is 0. The highest BCUT2D eigenvalue weighted by Gasteiger charge is 2.27. The molecule has 0 amide bonds. The minimum atomic E-state index is -4.19. The summed E-state index contributed by atoms with van der Waals surface area (Å²) >= 11 is 0. The number of rotatable bonds is 7. The molecule has 1 saturated carbocycles. The molecule has 1 N–H and O–H groups in total. The van der Waals surface area contributed by atoms with Gasteiger partial charge in [-0.25, -0.2) is 0 Å². The molecular formula is C13H24F3NO. The van der Waals surface area contributed by atoms with E-state index in [1.807, 2.05) is 7.05 Å². The minimum absolute atomic E-state index is 0.224. The lowest BCUT2D eigenvalue weighted by atomic mass is 9.77. The number of ether oxygens (including phenoxy) is 1. The lowest BCUT2D eigenvalue weighted by molar-refractivity contribution is -0.174. The summed E-state index contributed by atoms with van der Waals surface area (Å²) in [7, 11) is 1.96. The zero-order valence-corrected chi connectivity index (χ0v) is 11.1. The van der Waals surface area contributed by atoms with Gasteiger partial charge in [0.1, 0.15) is 6.61 Å². The second-order valence-electron chi connectivity index (χ2n) is 5.17. The van der Waals surface area contributed by atoms with Gasteiger partial charge >= 0.3 is 6.18 Å².